The summed E-state index contributed by atoms with van der Waals surface area (Å²) in [4.78, 5) is 4.25. The number of halogens is 2. The molecule has 0 aliphatic carbocycles. The van der Waals surface area contributed by atoms with Gasteiger partial charge >= 0.3 is 0 Å². The maximum absolute atomic E-state index is 6.03. The second-order valence-corrected chi connectivity index (χ2v) is 4.69. The Labute approximate surface area is 103 Å². The van der Waals surface area contributed by atoms with Crippen molar-refractivity contribution < 1.29 is 0 Å². The number of rotatable bonds is 2. The summed E-state index contributed by atoms with van der Waals surface area (Å²) in [5.41, 5.74) is 7.41. The highest BCUT2D eigenvalue weighted by Crippen LogP contribution is 2.17. The van der Waals surface area contributed by atoms with Gasteiger partial charge in [0, 0.05) is 20.8 Å². The van der Waals surface area contributed by atoms with Crippen molar-refractivity contribution in [1.29, 1.82) is 0 Å². The van der Waals surface area contributed by atoms with Crippen LogP contribution in [0.15, 0.2) is 39.6 Å². The third kappa shape index (κ3) is 3.36. The number of aliphatic imine (C=N–C) groups is 1. The Morgan fingerprint density at radius 2 is 1.93 bits per heavy atom. The van der Waals surface area contributed by atoms with Gasteiger partial charge in [-0.3, -0.25) is 0 Å². The number of allylic oxidation sites excluding steroid dienone is 1. The van der Waals surface area contributed by atoms with Crippen LogP contribution in [-0.4, -0.2) is 5.71 Å². The van der Waals surface area contributed by atoms with E-state index in [-0.39, 0.29) is 0 Å². The van der Waals surface area contributed by atoms with E-state index < -0.39 is 0 Å². The highest BCUT2D eigenvalue weighted by atomic mass is 79.9. The minimum atomic E-state index is 0.465. The zero-order chi connectivity index (χ0) is 11.4. The standard InChI is InChI=1S/C11H12BrClN2/c1-7(12)11(14)15-8(2)9-5-3-4-6-10(9)13/h3-6H,14H2,1-2H3/b11-7-,15-8+. The monoisotopic (exact) mass is 286 g/mol. The van der Waals surface area contributed by atoms with Crippen LogP contribution in [0.3, 0.4) is 0 Å². The molecule has 0 radical (unpaired) electrons. The van der Waals surface area contributed by atoms with Crippen molar-refractivity contribution in [3.63, 3.8) is 0 Å². The molecule has 0 atom stereocenters. The minimum absolute atomic E-state index is 0.465. The molecule has 1 rings (SSSR count). The molecule has 0 saturated heterocycles. The summed E-state index contributed by atoms with van der Waals surface area (Å²) >= 11 is 9.31. The third-order valence-electron chi connectivity index (χ3n) is 1.90. The second-order valence-electron chi connectivity index (χ2n) is 3.10. The van der Waals surface area contributed by atoms with E-state index in [1.54, 1.807) is 0 Å². The van der Waals surface area contributed by atoms with E-state index in [4.69, 9.17) is 17.3 Å². The van der Waals surface area contributed by atoms with Gasteiger partial charge in [0.25, 0.3) is 0 Å². The molecule has 0 spiro atoms. The van der Waals surface area contributed by atoms with Gasteiger partial charge in [0.1, 0.15) is 5.82 Å². The SMILES string of the molecule is C/C(Br)=C(N)/N=C(\C)c1ccccc1Cl. The van der Waals surface area contributed by atoms with Crippen LogP contribution in [0.5, 0.6) is 0 Å². The van der Waals surface area contributed by atoms with Crippen molar-refractivity contribution in [2.45, 2.75) is 13.8 Å². The molecule has 80 valence electrons. The maximum Gasteiger partial charge on any atom is 0.133 e. The average molecular weight is 288 g/mol. The van der Waals surface area contributed by atoms with Gasteiger partial charge < -0.3 is 5.73 Å². The van der Waals surface area contributed by atoms with Crippen LogP contribution in [-0.2, 0) is 0 Å². The Balaban J connectivity index is 3.11. The zero-order valence-electron chi connectivity index (χ0n) is 8.59. The lowest BCUT2D eigenvalue weighted by molar-refractivity contribution is 1.21. The Morgan fingerprint density at radius 3 is 2.47 bits per heavy atom. The molecule has 0 aliphatic rings. The first-order valence-electron chi connectivity index (χ1n) is 4.44. The number of hydrogen-bond acceptors (Lipinski definition) is 2. The molecule has 2 nitrogen and oxygen atoms in total. The van der Waals surface area contributed by atoms with Gasteiger partial charge in [-0.1, -0.05) is 45.7 Å². The highest BCUT2D eigenvalue weighted by Gasteiger charge is 2.02. The van der Waals surface area contributed by atoms with Gasteiger partial charge in [-0.15, -0.1) is 0 Å². The van der Waals surface area contributed by atoms with E-state index in [0.29, 0.717) is 10.8 Å². The fraction of sp³-hybridized carbons (Fsp3) is 0.182. The van der Waals surface area contributed by atoms with E-state index in [1.165, 1.54) is 0 Å². The molecular weight excluding hydrogens is 275 g/mol. The molecule has 0 saturated carbocycles. The molecule has 0 fully saturated rings. The smallest absolute Gasteiger partial charge is 0.133 e. The van der Waals surface area contributed by atoms with Crippen molar-refractivity contribution in [1.82, 2.24) is 0 Å². The van der Waals surface area contributed by atoms with Gasteiger partial charge in [0.2, 0.25) is 0 Å². The molecule has 0 heterocycles. The molecule has 15 heavy (non-hydrogen) atoms. The van der Waals surface area contributed by atoms with Crippen LogP contribution in [0.2, 0.25) is 5.02 Å². The molecule has 0 aromatic heterocycles. The topological polar surface area (TPSA) is 38.4 Å². The Morgan fingerprint density at radius 1 is 1.33 bits per heavy atom. The summed E-state index contributed by atoms with van der Waals surface area (Å²) in [7, 11) is 0. The Kier molecular flexibility index (Phi) is 4.36. The van der Waals surface area contributed by atoms with Crippen molar-refractivity contribution in [2.75, 3.05) is 0 Å². The molecule has 1 aromatic rings. The number of hydrogen-bond donors (Lipinski definition) is 1. The first kappa shape index (κ1) is 12.3. The predicted octanol–water partition coefficient (Wildman–Crippen LogP) is 3.69. The fourth-order valence-corrected chi connectivity index (χ4v) is 1.43. The van der Waals surface area contributed by atoms with Crippen LogP contribution in [0.1, 0.15) is 19.4 Å². The van der Waals surface area contributed by atoms with Crippen LogP contribution in [0, 0.1) is 0 Å². The van der Waals surface area contributed by atoms with Crippen molar-refractivity contribution in [2.24, 2.45) is 10.7 Å². The van der Waals surface area contributed by atoms with Crippen molar-refractivity contribution in [3.8, 4) is 0 Å². The quantitative estimate of drug-likeness (QED) is 0.828. The highest BCUT2D eigenvalue weighted by molar-refractivity contribution is 9.11. The normalized spacial score (nSPS) is 13.7. The average Bonchev–Trinajstić information content (AvgIpc) is 2.18. The molecule has 1 aromatic carbocycles. The molecule has 0 unspecified atom stereocenters. The first-order chi connectivity index (χ1) is 7.02. The predicted molar refractivity (Wildman–Crippen MR) is 69.5 cm³/mol. The maximum atomic E-state index is 6.03. The number of benzene rings is 1. The van der Waals surface area contributed by atoms with Gasteiger partial charge in [0.05, 0.1) is 0 Å². The van der Waals surface area contributed by atoms with Crippen molar-refractivity contribution in [3.05, 3.63) is 45.2 Å². The molecule has 0 bridgehead atoms. The minimum Gasteiger partial charge on any atom is -0.383 e. The van der Waals surface area contributed by atoms with E-state index >= 15 is 0 Å². The molecule has 0 aliphatic heterocycles. The lowest BCUT2D eigenvalue weighted by Gasteiger charge is -2.03. The van der Waals surface area contributed by atoms with E-state index in [9.17, 15) is 0 Å². The Bertz CT molecular complexity index is 420. The molecule has 4 heteroatoms. The van der Waals surface area contributed by atoms with E-state index in [2.05, 4.69) is 20.9 Å². The van der Waals surface area contributed by atoms with Gasteiger partial charge in [-0.25, -0.2) is 4.99 Å². The first-order valence-corrected chi connectivity index (χ1v) is 5.61. The Hall–Kier alpha value is -0.800. The number of nitrogens with two attached hydrogens (primary N) is 1. The molecule has 2 N–H and O–H groups in total. The van der Waals surface area contributed by atoms with Crippen LogP contribution >= 0.6 is 27.5 Å². The summed E-state index contributed by atoms with van der Waals surface area (Å²) in [5, 5.41) is 0.679. The largest absolute Gasteiger partial charge is 0.383 e. The summed E-state index contributed by atoms with van der Waals surface area (Å²) in [6.45, 7) is 3.72. The lowest BCUT2D eigenvalue weighted by atomic mass is 10.1. The summed E-state index contributed by atoms with van der Waals surface area (Å²) < 4.78 is 0.814. The van der Waals surface area contributed by atoms with Gasteiger partial charge in [-0.05, 0) is 19.9 Å². The second kappa shape index (κ2) is 5.33. The van der Waals surface area contributed by atoms with Crippen LogP contribution in [0.4, 0.5) is 0 Å². The molecule has 0 amide bonds. The number of nitrogens with zero attached hydrogens (tertiary/aromatic N) is 1. The summed E-state index contributed by atoms with van der Waals surface area (Å²) in [5.74, 6) is 0.465. The van der Waals surface area contributed by atoms with Crippen LogP contribution < -0.4 is 5.73 Å². The third-order valence-corrected chi connectivity index (χ3v) is 2.64. The van der Waals surface area contributed by atoms with E-state index in [1.807, 2.05) is 38.1 Å². The summed E-state index contributed by atoms with van der Waals surface area (Å²) in [6.07, 6.45) is 0. The summed E-state index contributed by atoms with van der Waals surface area (Å²) in [6, 6.07) is 7.55. The molecular formula is C11H12BrClN2. The van der Waals surface area contributed by atoms with Crippen LogP contribution in [0.25, 0.3) is 0 Å². The lowest BCUT2D eigenvalue weighted by Crippen LogP contribution is -2.02. The zero-order valence-corrected chi connectivity index (χ0v) is 10.9. The van der Waals surface area contributed by atoms with E-state index in [0.717, 1.165) is 15.8 Å². The van der Waals surface area contributed by atoms with Gasteiger partial charge in [-0.2, -0.15) is 0 Å². The van der Waals surface area contributed by atoms with Gasteiger partial charge in [0.15, 0.2) is 0 Å². The fourth-order valence-electron chi connectivity index (χ4n) is 1.07. The van der Waals surface area contributed by atoms with Crippen molar-refractivity contribution >= 4 is 33.2 Å².